The standard InChI is InChI=1S/C22H20N4O2S/c1-14(16-9-11-18(28-3)12-10-16)23-24-21(27)20-13-19-15(2)25-26(22(19)29-20)17-7-5-4-6-8-17/h4-13H,1-3H3,(H,24,27)/b23-14-. The van der Waals surface area contributed by atoms with Crippen molar-refractivity contribution < 1.29 is 9.53 Å². The van der Waals surface area contributed by atoms with Crippen molar-refractivity contribution in [2.24, 2.45) is 5.10 Å². The number of amides is 1. The maximum absolute atomic E-state index is 12.7. The Morgan fingerprint density at radius 2 is 1.86 bits per heavy atom. The first-order valence-electron chi connectivity index (χ1n) is 9.10. The molecule has 0 fully saturated rings. The van der Waals surface area contributed by atoms with Crippen molar-refractivity contribution in [3.63, 3.8) is 0 Å². The number of carbonyl (C=O) groups excluding carboxylic acids is 1. The fourth-order valence-corrected chi connectivity index (χ4v) is 4.06. The van der Waals surface area contributed by atoms with Crippen LogP contribution in [0.15, 0.2) is 65.8 Å². The van der Waals surface area contributed by atoms with Crippen molar-refractivity contribution in [1.29, 1.82) is 0 Å². The van der Waals surface area contributed by atoms with E-state index in [0.29, 0.717) is 10.6 Å². The smallest absolute Gasteiger partial charge is 0.281 e. The van der Waals surface area contributed by atoms with Crippen molar-refractivity contribution in [3.8, 4) is 11.4 Å². The zero-order valence-electron chi connectivity index (χ0n) is 16.3. The number of nitrogens with one attached hydrogen (secondary N) is 1. The Kier molecular flexibility index (Phi) is 5.14. The molecule has 0 aliphatic heterocycles. The van der Waals surface area contributed by atoms with Crippen LogP contribution in [0.25, 0.3) is 15.9 Å². The quantitative estimate of drug-likeness (QED) is 0.392. The molecule has 0 aliphatic rings. The number of hydrogen-bond donors (Lipinski definition) is 1. The normalized spacial score (nSPS) is 11.6. The molecular formula is C22H20N4O2S. The highest BCUT2D eigenvalue weighted by molar-refractivity contribution is 7.20. The van der Waals surface area contributed by atoms with E-state index in [1.807, 2.05) is 79.2 Å². The summed E-state index contributed by atoms with van der Waals surface area (Å²) in [4.78, 5) is 14.2. The maximum atomic E-state index is 12.7. The Morgan fingerprint density at radius 1 is 1.14 bits per heavy atom. The Hall–Kier alpha value is -3.45. The van der Waals surface area contributed by atoms with E-state index in [-0.39, 0.29) is 5.91 Å². The van der Waals surface area contributed by atoms with E-state index in [0.717, 1.165) is 32.9 Å². The lowest BCUT2D eigenvalue weighted by atomic mass is 10.1. The summed E-state index contributed by atoms with van der Waals surface area (Å²) in [5.41, 5.74) is 6.14. The maximum Gasteiger partial charge on any atom is 0.281 e. The number of aromatic nitrogens is 2. The Bertz CT molecular complexity index is 1190. The third-order valence-corrected chi connectivity index (χ3v) is 5.71. The molecule has 0 saturated heterocycles. The van der Waals surface area contributed by atoms with Crippen LogP contribution < -0.4 is 10.2 Å². The summed E-state index contributed by atoms with van der Waals surface area (Å²) in [6.07, 6.45) is 0. The molecule has 2 aromatic carbocycles. The zero-order chi connectivity index (χ0) is 20.4. The fraction of sp³-hybridized carbons (Fsp3) is 0.136. The number of hydrogen-bond acceptors (Lipinski definition) is 5. The number of fused-ring (bicyclic) bond motifs is 1. The van der Waals surface area contributed by atoms with E-state index in [9.17, 15) is 4.79 Å². The molecule has 0 aliphatic carbocycles. The third kappa shape index (κ3) is 3.77. The van der Waals surface area contributed by atoms with Crippen LogP contribution in [0, 0.1) is 6.92 Å². The number of aryl methyl sites for hydroxylation is 1. The molecular weight excluding hydrogens is 384 g/mol. The van der Waals surface area contributed by atoms with Gasteiger partial charge in [0.2, 0.25) is 0 Å². The van der Waals surface area contributed by atoms with Gasteiger partial charge in [-0.1, -0.05) is 18.2 Å². The van der Waals surface area contributed by atoms with Gasteiger partial charge in [0.05, 0.1) is 29.1 Å². The van der Waals surface area contributed by atoms with E-state index in [1.165, 1.54) is 11.3 Å². The summed E-state index contributed by atoms with van der Waals surface area (Å²) >= 11 is 1.40. The van der Waals surface area contributed by atoms with Gasteiger partial charge in [-0.15, -0.1) is 11.3 Å². The highest BCUT2D eigenvalue weighted by atomic mass is 32.1. The Morgan fingerprint density at radius 3 is 2.55 bits per heavy atom. The summed E-state index contributed by atoms with van der Waals surface area (Å²) in [5.74, 6) is 0.539. The molecule has 146 valence electrons. The van der Waals surface area contributed by atoms with E-state index in [1.54, 1.807) is 7.11 Å². The number of para-hydroxylation sites is 1. The van der Waals surface area contributed by atoms with Gasteiger partial charge in [0.15, 0.2) is 0 Å². The van der Waals surface area contributed by atoms with Crippen LogP contribution in [0.5, 0.6) is 5.75 Å². The number of nitrogens with zero attached hydrogens (tertiary/aromatic N) is 3. The van der Waals surface area contributed by atoms with E-state index in [4.69, 9.17) is 4.74 Å². The molecule has 1 N–H and O–H groups in total. The van der Waals surface area contributed by atoms with Gasteiger partial charge in [0, 0.05) is 5.39 Å². The topological polar surface area (TPSA) is 68.5 Å². The second kappa shape index (κ2) is 7.89. The zero-order valence-corrected chi connectivity index (χ0v) is 17.2. The summed E-state index contributed by atoms with van der Waals surface area (Å²) in [6, 6.07) is 19.3. The number of methoxy groups -OCH3 is 1. The second-order valence-electron chi connectivity index (χ2n) is 6.53. The van der Waals surface area contributed by atoms with Crippen LogP contribution in [0.3, 0.4) is 0 Å². The van der Waals surface area contributed by atoms with Crippen molar-refractivity contribution in [2.75, 3.05) is 7.11 Å². The Labute approximate surface area is 172 Å². The van der Waals surface area contributed by atoms with Crippen LogP contribution in [0.2, 0.25) is 0 Å². The minimum atomic E-state index is -0.238. The summed E-state index contributed by atoms with van der Waals surface area (Å²) in [7, 11) is 1.62. The average Bonchev–Trinajstić information content (AvgIpc) is 3.33. The minimum Gasteiger partial charge on any atom is -0.497 e. The lowest BCUT2D eigenvalue weighted by molar-refractivity contribution is 0.0959. The number of hydrazone groups is 1. The first-order chi connectivity index (χ1) is 14.1. The molecule has 29 heavy (non-hydrogen) atoms. The predicted octanol–water partition coefficient (Wildman–Crippen LogP) is 4.56. The van der Waals surface area contributed by atoms with Gasteiger partial charge in [0.25, 0.3) is 5.91 Å². The molecule has 2 aromatic heterocycles. The highest BCUT2D eigenvalue weighted by Gasteiger charge is 2.17. The predicted molar refractivity (Wildman–Crippen MR) is 116 cm³/mol. The van der Waals surface area contributed by atoms with E-state index in [2.05, 4.69) is 15.6 Å². The lowest BCUT2D eigenvalue weighted by Gasteiger charge is -2.04. The van der Waals surface area contributed by atoms with Gasteiger partial charge in [-0.25, -0.2) is 10.1 Å². The largest absolute Gasteiger partial charge is 0.497 e. The van der Waals surface area contributed by atoms with Gasteiger partial charge in [-0.2, -0.15) is 10.2 Å². The van der Waals surface area contributed by atoms with Crippen LogP contribution in [0.4, 0.5) is 0 Å². The first kappa shape index (κ1) is 18.9. The monoisotopic (exact) mass is 404 g/mol. The van der Waals surface area contributed by atoms with Crippen molar-refractivity contribution >= 4 is 33.2 Å². The molecule has 0 atom stereocenters. The van der Waals surface area contributed by atoms with Crippen molar-refractivity contribution in [2.45, 2.75) is 13.8 Å². The highest BCUT2D eigenvalue weighted by Crippen LogP contribution is 2.30. The number of benzene rings is 2. The van der Waals surface area contributed by atoms with Crippen LogP contribution in [-0.2, 0) is 0 Å². The van der Waals surface area contributed by atoms with Gasteiger partial charge < -0.3 is 4.74 Å². The molecule has 7 heteroatoms. The van der Waals surface area contributed by atoms with E-state index < -0.39 is 0 Å². The summed E-state index contributed by atoms with van der Waals surface area (Å²) in [5, 5.41) is 9.82. The van der Waals surface area contributed by atoms with E-state index >= 15 is 0 Å². The molecule has 0 bridgehead atoms. The number of thiophene rings is 1. The minimum absolute atomic E-state index is 0.238. The molecule has 0 radical (unpaired) electrons. The molecule has 0 spiro atoms. The first-order valence-corrected chi connectivity index (χ1v) is 9.92. The lowest BCUT2D eigenvalue weighted by Crippen LogP contribution is -2.18. The molecule has 0 saturated carbocycles. The molecule has 0 unspecified atom stereocenters. The van der Waals surface area contributed by atoms with Gasteiger partial charge in [-0.3, -0.25) is 4.79 Å². The molecule has 2 heterocycles. The third-order valence-electron chi connectivity index (χ3n) is 4.60. The van der Waals surface area contributed by atoms with Crippen LogP contribution >= 0.6 is 11.3 Å². The number of carbonyl (C=O) groups is 1. The fourth-order valence-electron chi connectivity index (χ4n) is 2.99. The van der Waals surface area contributed by atoms with Gasteiger partial charge >= 0.3 is 0 Å². The Balaban J connectivity index is 1.57. The molecule has 6 nitrogen and oxygen atoms in total. The number of rotatable bonds is 5. The van der Waals surface area contributed by atoms with Gasteiger partial charge in [0.1, 0.15) is 10.6 Å². The second-order valence-corrected chi connectivity index (χ2v) is 7.56. The summed E-state index contributed by atoms with van der Waals surface area (Å²) < 4.78 is 7.03. The van der Waals surface area contributed by atoms with Crippen molar-refractivity contribution in [1.82, 2.24) is 15.2 Å². The molecule has 4 rings (SSSR count). The average molecular weight is 404 g/mol. The van der Waals surface area contributed by atoms with Crippen LogP contribution in [0.1, 0.15) is 27.9 Å². The van der Waals surface area contributed by atoms with Crippen LogP contribution in [-0.4, -0.2) is 28.5 Å². The molecule has 1 amide bonds. The SMILES string of the molecule is COc1ccc(/C(C)=N\NC(=O)c2cc3c(C)nn(-c4ccccc4)c3s2)cc1. The number of ether oxygens (including phenoxy) is 1. The van der Waals surface area contributed by atoms with Gasteiger partial charge in [-0.05, 0) is 61.9 Å². The molecule has 4 aromatic rings. The summed E-state index contributed by atoms with van der Waals surface area (Å²) in [6.45, 7) is 3.80. The van der Waals surface area contributed by atoms with Crippen molar-refractivity contribution in [3.05, 3.63) is 76.8 Å².